The Balaban J connectivity index is 1.54. The number of Topliss-reactive ketones (excluding diaryl/α,β-unsaturated/α-hetero) is 1. The number of rotatable bonds is 7. The van der Waals surface area contributed by atoms with Gasteiger partial charge in [0, 0.05) is 37.1 Å². The molecule has 1 heterocycles. The van der Waals surface area contributed by atoms with Crippen molar-refractivity contribution in [1.29, 1.82) is 0 Å². The molecule has 0 aromatic heterocycles. The average molecular weight is 445 g/mol. The molecule has 2 aromatic carbocycles. The van der Waals surface area contributed by atoms with Gasteiger partial charge in [-0.15, -0.1) is 0 Å². The van der Waals surface area contributed by atoms with Crippen molar-refractivity contribution in [1.82, 2.24) is 15.2 Å². The lowest BCUT2D eigenvalue weighted by Crippen LogP contribution is -2.42. The molecule has 1 aliphatic rings. The highest BCUT2D eigenvalue weighted by molar-refractivity contribution is 7.89. The molecule has 9 nitrogen and oxygen atoms in total. The Labute approximate surface area is 180 Å². The number of ketones is 1. The van der Waals surface area contributed by atoms with Crippen LogP contribution in [-0.4, -0.2) is 56.6 Å². The molecule has 1 aliphatic heterocycles. The van der Waals surface area contributed by atoms with Crippen LogP contribution in [0.2, 0.25) is 0 Å². The zero-order valence-corrected chi connectivity index (χ0v) is 17.6. The second kappa shape index (κ2) is 10.3. The topological polar surface area (TPSA) is 122 Å². The van der Waals surface area contributed by atoms with Gasteiger partial charge in [-0.25, -0.2) is 8.42 Å². The van der Waals surface area contributed by atoms with Crippen molar-refractivity contribution < 1.29 is 27.5 Å². The SMILES string of the molecule is O=C(CCC(=O)c1ccccc1)NNC(=O)c1cccc(S(=O)(=O)N2CCOCC2)c1. The van der Waals surface area contributed by atoms with E-state index in [1.807, 2.05) is 0 Å². The van der Waals surface area contributed by atoms with Crippen LogP contribution in [0.1, 0.15) is 33.6 Å². The minimum Gasteiger partial charge on any atom is -0.379 e. The van der Waals surface area contributed by atoms with Crippen LogP contribution in [0.5, 0.6) is 0 Å². The number of morpholine rings is 1. The molecule has 0 spiro atoms. The third-order valence-electron chi connectivity index (χ3n) is 4.69. The fourth-order valence-electron chi connectivity index (χ4n) is 2.99. The summed E-state index contributed by atoms with van der Waals surface area (Å²) in [5.41, 5.74) is 5.07. The maximum Gasteiger partial charge on any atom is 0.269 e. The highest BCUT2D eigenvalue weighted by atomic mass is 32.2. The summed E-state index contributed by atoms with van der Waals surface area (Å²) in [5.74, 6) is -1.38. The molecule has 2 aromatic rings. The fraction of sp³-hybridized carbons (Fsp3) is 0.286. The van der Waals surface area contributed by atoms with Crippen molar-refractivity contribution in [2.75, 3.05) is 26.3 Å². The zero-order valence-electron chi connectivity index (χ0n) is 16.7. The van der Waals surface area contributed by atoms with E-state index in [1.165, 1.54) is 28.6 Å². The van der Waals surface area contributed by atoms with Crippen molar-refractivity contribution in [3.05, 3.63) is 65.7 Å². The van der Waals surface area contributed by atoms with Gasteiger partial charge in [0.2, 0.25) is 15.9 Å². The Morgan fingerprint density at radius 3 is 2.26 bits per heavy atom. The maximum atomic E-state index is 12.7. The molecule has 2 N–H and O–H groups in total. The van der Waals surface area contributed by atoms with Crippen LogP contribution < -0.4 is 10.9 Å². The minimum absolute atomic E-state index is 0.000997. The van der Waals surface area contributed by atoms with Crippen LogP contribution in [0.15, 0.2) is 59.5 Å². The lowest BCUT2D eigenvalue weighted by molar-refractivity contribution is -0.121. The largest absolute Gasteiger partial charge is 0.379 e. The molecule has 0 saturated carbocycles. The van der Waals surface area contributed by atoms with Gasteiger partial charge in [-0.1, -0.05) is 36.4 Å². The highest BCUT2D eigenvalue weighted by Crippen LogP contribution is 2.18. The van der Waals surface area contributed by atoms with E-state index < -0.39 is 21.8 Å². The van der Waals surface area contributed by atoms with Crippen molar-refractivity contribution in [3.63, 3.8) is 0 Å². The molecule has 10 heteroatoms. The van der Waals surface area contributed by atoms with E-state index in [1.54, 1.807) is 30.3 Å². The van der Waals surface area contributed by atoms with Crippen molar-refractivity contribution in [3.8, 4) is 0 Å². The number of hydrazine groups is 1. The number of nitrogens with zero attached hydrogens (tertiary/aromatic N) is 1. The van der Waals surface area contributed by atoms with E-state index in [2.05, 4.69) is 10.9 Å². The van der Waals surface area contributed by atoms with Crippen LogP contribution in [0.4, 0.5) is 0 Å². The van der Waals surface area contributed by atoms with Crippen molar-refractivity contribution in [2.24, 2.45) is 0 Å². The predicted molar refractivity (Wildman–Crippen MR) is 112 cm³/mol. The van der Waals surface area contributed by atoms with Crippen molar-refractivity contribution in [2.45, 2.75) is 17.7 Å². The van der Waals surface area contributed by atoms with E-state index in [9.17, 15) is 22.8 Å². The summed E-state index contributed by atoms with van der Waals surface area (Å²) in [5, 5.41) is 0. The average Bonchev–Trinajstić information content (AvgIpc) is 2.82. The molecule has 0 radical (unpaired) electrons. The lowest BCUT2D eigenvalue weighted by atomic mass is 10.1. The van der Waals surface area contributed by atoms with Crippen LogP contribution >= 0.6 is 0 Å². The summed E-state index contributed by atoms with van der Waals surface area (Å²) < 4.78 is 31.9. The molecule has 1 fully saturated rings. The molecule has 2 amide bonds. The monoisotopic (exact) mass is 445 g/mol. The summed E-state index contributed by atoms with van der Waals surface area (Å²) in [6.45, 7) is 1.13. The molecule has 0 bridgehead atoms. The fourth-order valence-corrected chi connectivity index (χ4v) is 4.44. The summed E-state index contributed by atoms with van der Waals surface area (Å²) in [4.78, 5) is 36.3. The van der Waals surface area contributed by atoms with Crippen LogP contribution in [-0.2, 0) is 19.6 Å². The van der Waals surface area contributed by atoms with Gasteiger partial charge in [-0.3, -0.25) is 25.2 Å². The van der Waals surface area contributed by atoms with Gasteiger partial charge in [0.05, 0.1) is 18.1 Å². The first-order valence-corrected chi connectivity index (χ1v) is 11.2. The van der Waals surface area contributed by atoms with Gasteiger partial charge in [0.1, 0.15) is 0 Å². The standard InChI is InChI=1S/C21H23N3O6S/c25-19(16-5-2-1-3-6-16)9-10-20(26)22-23-21(27)17-7-4-8-18(15-17)31(28,29)24-11-13-30-14-12-24/h1-8,15H,9-14H2,(H,22,26)(H,23,27). The number of carbonyl (C=O) groups excluding carboxylic acids is 3. The number of hydrogen-bond donors (Lipinski definition) is 2. The number of benzene rings is 2. The molecule has 1 saturated heterocycles. The summed E-state index contributed by atoms with van der Waals surface area (Å²) >= 11 is 0. The number of ether oxygens (including phenoxy) is 1. The third-order valence-corrected chi connectivity index (χ3v) is 6.59. The smallest absolute Gasteiger partial charge is 0.269 e. The van der Waals surface area contributed by atoms with E-state index >= 15 is 0 Å². The van der Waals surface area contributed by atoms with Gasteiger partial charge in [0.25, 0.3) is 5.91 Å². The van der Waals surface area contributed by atoms with Gasteiger partial charge in [-0.2, -0.15) is 4.31 Å². The first-order chi connectivity index (χ1) is 14.9. The Morgan fingerprint density at radius 1 is 0.871 bits per heavy atom. The van der Waals surface area contributed by atoms with Crippen LogP contribution in [0.25, 0.3) is 0 Å². The molecule has 0 atom stereocenters. The van der Waals surface area contributed by atoms with Crippen molar-refractivity contribution >= 4 is 27.6 Å². The molecule has 164 valence electrons. The Morgan fingerprint density at radius 2 is 1.55 bits per heavy atom. The second-order valence-corrected chi connectivity index (χ2v) is 8.77. The molecule has 3 rings (SSSR count). The highest BCUT2D eigenvalue weighted by Gasteiger charge is 2.26. The van der Waals surface area contributed by atoms with E-state index in [0.29, 0.717) is 18.8 Å². The lowest BCUT2D eigenvalue weighted by Gasteiger charge is -2.26. The first kappa shape index (κ1) is 22.6. The maximum absolute atomic E-state index is 12.7. The van der Waals surface area contributed by atoms with Gasteiger partial charge in [-0.05, 0) is 18.2 Å². The Hall–Kier alpha value is -3.08. The van der Waals surface area contributed by atoms with Gasteiger partial charge < -0.3 is 4.74 Å². The second-order valence-electron chi connectivity index (χ2n) is 6.84. The Bertz CT molecular complexity index is 1050. The summed E-state index contributed by atoms with van der Waals surface area (Å²) in [6.07, 6.45) is -0.0988. The molecular weight excluding hydrogens is 422 g/mol. The van der Waals surface area contributed by atoms with Crippen LogP contribution in [0, 0.1) is 0 Å². The first-order valence-electron chi connectivity index (χ1n) is 9.73. The van der Waals surface area contributed by atoms with Crippen LogP contribution in [0.3, 0.4) is 0 Å². The number of amides is 2. The third kappa shape index (κ3) is 5.97. The quantitative estimate of drug-likeness (QED) is 0.487. The number of nitrogens with one attached hydrogen (secondary N) is 2. The van der Waals surface area contributed by atoms with E-state index in [0.717, 1.165) is 0 Å². The predicted octanol–water partition coefficient (Wildman–Crippen LogP) is 1.13. The summed E-state index contributed by atoms with van der Waals surface area (Å²) in [6, 6.07) is 14.2. The van der Waals surface area contributed by atoms with E-state index in [-0.39, 0.29) is 42.2 Å². The minimum atomic E-state index is -3.75. The summed E-state index contributed by atoms with van der Waals surface area (Å²) in [7, 11) is -3.75. The number of sulfonamides is 1. The zero-order chi connectivity index (χ0) is 22.3. The normalized spacial score (nSPS) is 14.6. The Kier molecular flexibility index (Phi) is 7.50. The number of carbonyl (C=O) groups is 3. The molecule has 0 unspecified atom stereocenters. The molecular formula is C21H23N3O6S. The van der Waals surface area contributed by atoms with E-state index in [4.69, 9.17) is 4.74 Å². The molecule has 0 aliphatic carbocycles. The number of hydrogen-bond acceptors (Lipinski definition) is 6. The van der Waals surface area contributed by atoms with Gasteiger partial charge >= 0.3 is 0 Å². The van der Waals surface area contributed by atoms with Gasteiger partial charge in [0.15, 0.2) is 5.78 Å². The molecule has 31 heavy (non-hydrogen) atoms.